The van der Waals surface area contributed by atoms with Crippen molar-refractivity contribution in [2.45, 2.75) is 24.3 Å². The highest BCUT2D eigenvalue weighted by Crippen LogP contribution is 2.19. The van der Waals surface area contributed by atoms with Crippen LogP contribution < -0.4 is 16.2 Å². The largest absolute Gasteiger partial charge is 0.327 e. The molecule has 6 nitrogen and oxygen atoms in total. The van der Waals surface area contributed by atoms with Crippen LogP contribution in [0.2, 0.25) is 0 Å². The number of carbonyl (C=O) groups is 1. The van der Waals surface area contributed by atoms with Gasteiger partial charge in [0.25, 0.3) is 0 Å². The zero-order valence-corrected chi connectivity index (χ0v) is 10.2. The molecule has 0 spiro atoms. The topological polar surface area (TPSA) is 115 Å². The van der Waals surface area contributed by atoms with Crippen molar-refractivity contribution in [3.63, 3.8) is 0 Å². The maximum Gasteiger partial charge on any atom is 0.240 e. The van der Waals surface area contributed by atoms with E-state index in [9.17, 15) is 13.2 Å². The van der Waals surface area contributed by atoms with Gasteiger partial charge in [0.1, 0.15) is 4.90 Å². The first-order valence-electron chi connectivity index (χ1n) is 4.98. The predicted octanol–water partition coefficient (Wildman–Crippen LogP) is 0.00980. The van der Waals surface area contributed by atoms with Crippen LogP contribution in [-0.4, -0.2) is 20.4 Å². The van der Waals surface area contributed by atoms with Gasteiger partial charge in [0.15, 0.2) is 0 Å². The molecular weight excluding hydrogens is 242 g/mol. The van der Waals surface area contributed by atoms with E-state index >= 15 is 0 Å². The van der Waals surface area contributed by atoms with Gasteiger partial charge in [0, 0.05) is 12.5 Å². The van der Waals surface area contributed by atoms with Gasteiger partial charge in [-0.3, -0.25) is 4.79 Å². The summed E-state index contributed by atoms with van der Waals surface area (Å²) in [6.45, 7) is 1.69. The molecule has 1 aromatic rings. The number of primary sulfonamides is 1. The summed E-state index contributed by atoms with van der Waals surface area (Å²) in [6, 6.07) is 5.64. The van der Waals surface area contributed by atoms with Crippen LogP contribution in [0.15, 0.2) is 29.2 Å². The van der Waals surface area contributed by atoms with Crippen LogP contribution in [0.5, 0.6) is 0 Å². The maximum absolute atomic E-state index is 11.5. The van der Waals surface area contributed by atoms with Crippen LogP contribution in [-0.2, 0) is 14.8 Å². The second-order valence-corrected chi connectivity index (χ2v) is 5.30. The van der Waals surface area contributed by atoms with Crippen molar-refractivity contribution in [2.75, 3.05) is 5.32 Å². The van der Waals surface area contributed by atoms with E-state index in [2.05, 4.69) is 5.32 Å². The Kier molecular flexibility index (Phi) is 4.22. The second kappa shape index (κ2) is 5.26. The molecule has 17 heavy (non-hydrogen) atoms. The van der Waals surface area contributed by atoms with Crippen LogP contribution in [0.4, 0.5) is 5.69 Å². The number of nitrogens with one attached hydrogen (secondary N) is 1. The van der Waals surface area contributed by atoms with E-state index < -0.39 is 10.0 Å². The summed E-state index contributed by atoms with van der Waals surface area (Å²) in [5, 5.41) is 7.50. The van der Waals surface area contributed by atoms with E-state index in [1.807, 2.05) is 0 Å². The highest BCUT2D eigenvalue weighted by atomic mass is 32.2. The van der Waals surface area contributed by atoms with Gasteiger partial charge in [-0.05, 0) is 19.1 Å². The standard InChI is InChI=1S/C10H15N3O3S/c1-7(11)6-10(14)13-8-4-2-3-5-9(8)17(12,15)16/h2-5,7H,6,11H2,1H3,(H,13,14)(H2,12,15,16). The van der Waals surface area contributed by atoms with Gasteiger partial charge < -0.3 is 11.1 Å². The summed E-state index contributed by atoms with van der Waals surface area (Å²) >= 11 is 0. The normalized spacial score (nSPS) is 13.1. The van der Waals surface area contributed by atoms with Gasteiger partial charge in [0.2, 0.25) is 15.9 Å². The number of rotatable bonds is 4. The van der Waals surface area contributed by atoms with Gasteiger partial charge in [-0.1, -0.05) is 12.1 Å². The Hall–Kier alpha value is -1.44. The van der Waals surface area contributed by atoms with Crippen molar-refractivity contribution < 1.29 is 13.2 Å². The van der Waals surface area contributed by atoms with Gasteiger partial charge in [-0.25, -0.2) is 13.6 Å². The quantitative estimate of drug-likeness (QED) is 0.704. The van der Waals surface area contributed by atoms with E-state index in [4.69, 9.17) is 10.9 Å². The Balaban J connectivity index is 2.96. The number of benzene rings is 1. The first-order chi connectivity index (χ1) is 7.80. The first-order valence-corrected chi connectivity index (χ1v) is 6.52. The molecule has 0 aliphatic rings. The van der Waals surface area contributed by atoms with Crippen LogP contribution in [0.3, 0.4) is 0 Å². The van der Waals surface area contributed by atoms with Crippen molar-refractivity contribution in [1.29, 1.82) is 0 Å². The molecule has 7 heteroatoms. The van der Waals surface area contributed by atoms with Crippen LogP contribution >= 0.6 is 0 Å². The smallest absolute Gasteiger partial charge is 0.240 e. The van der Waals surface area contributed by atoms with Gasteiger partial charge >= 0.3 is 0 Å². The van der Waals surface area contributed by atoms with Crippen LogP contribution in [0.25, 0.3) is 0 Å². The molecule has 0 bridgehead atoms. The summed E-state index contributed by atoms with van der Waals surface area (Å²) in [6.07, 6.45) is 0.110. The fourth-order valence-corrected chi connectivity index (χ4v) is 2.01. The predicted molar refractivity (Wildman–Crippen MR) is 64.7 cm³/mol. The molecule has 1 aromatic carbocycles. The van der Waals surface area contributed by atoms with Crippen molar-refractivity contribution in [1.82, 2.24) is 0 Å². The molecule has 94 valence electrons. The molecule has 0 fully saturated rings. The molecule has 0 heterocycles. The summed E-state index contributed by atoms with van der Waals surface area (Å²) in [7, 11) is -3.85. The molecule has 0 saturated heterocycles. The molecule has 1 atom stereocenters. The minimum atomic E-state index is -3.85. The number of hydrogen-bond donors (Lipinski definition) is 3. The zero-order valence-electron chi connectivity index (χ0n) is 9.38. The number of hydrogen-bond acceptors (Lipinski definition) is 4. The Morgan fingerprint density at radius 3 is 2.53 bits per heavy atom. The zero-order chi connectivity index (χ0) is 13.1. The third kappa shape index (κ3) is 4.14. The molecule has 5 N–H and O–H groups in total. The highest BCUT2D eigenvalue weighted by Gasteiger charge is 2.15. The van der Waals surface area contributed by atoms with E-state index in [0.717, 1.165) is 0 Å². The lowest BCUT2D eigenvalue weighted by molar-refractivity contribution is -0.116. The van der Waals surface area contributed by atoms with Gasteiger partial charge in [-0.15, -0.1) is 0 Å². The average Bonchev–Trinajstić information content (AvgIpc) is 2.15. The fourth-order valence-electron chi connectivity index (χ4n) is 1.31. The molecule has 0 saturated carbocycles. The molecule has 0 aliphatic carbocycles. The lowest BCUT2D eigenvalue weighted by Crippen LogP contribution is -2.25. The lowest BCUT2D eigenvalue weighted by atomic mass is 10.2. The number of para-hydroxylation sites is 1. The Morgan fingerprint density at radius 1 is 1.41 bits per heavy atom. The summed E-state index contributed by atoms with van der Waals surface area (Å²) in [5.41, 5.74) is 5.63. The van der Waals surface area contributed by atoms with Crippen LogP contribution in [0, 0.1) is 0 Å². The van der Waals surface area contributed by atoms with Gasteiger partial charge in [0.05, 0.1) is 5.69 Å². The Bertz CT molecular complexity index is 511. The van der Waals surface area contributed by atoms with Crippen molar-refractivity contribution in [2.24, 2.45) is 10.9 Å². The third-order valence-corrected chi connectivity index (χ3v) is 2.94. The summed E-state index contributed by atoms with van der Waals surface area (Å²) in [5.74, 6) is -0.351. The SMILES string of the molecule is CC(N)CC(=O)Nc1ccccc1S(N)(=O)=O. The second-order valence-electron chi connectivity index (χ2n) is 3.77. The van der Waals surface area contributed by atoms with Crippen molar-refractivity contribution in [3.05, 3.63) is 24.3 Å². The summed E-state index contributed by atoms with van der Waals surface area (Å²) < 4.78 is 22.5. The number of nitrogens with two attached hydrogens (primary N) is 2. The van der Waals surface area contributed by atoms with Crippen molar-refractivity contribution in [3.8, 4) is 0 Å². The number of carbonyl (C=O) groups excluding carboxylic acids is 1. The number of amides is 1. The van der Waals surface area contributed by atoms with Crippen LogP contribution in [0.1, 0.15) is 13.3 Å². The molecule has 0 aromatic heterocycles. The Labute approximate surface area is 100 Å². The lowest BCUT2D eigenvalue weighted by Gasteiger charge is -2.10. The summed E-state index contributed by atoms with van der Waals surface area (Å²) in [4.78, 5) is 11.4. The molecule has 1 amide bonds. The third-order valence-electron chi connectivity index (χ3n) is 1.98. The maximum atomic E-state index is 11.5. The van der Waals surface area contributed by atoms with Gasteiger partial charge in [-0.2, -0.15) is 0 Å². The number of sulfonamides is 1. The highest BCUT2D eigenvalue weighted by molar-refractivity contribution is 7.89. The minimum absolute atomic E-state index is 0.110. The first kappa shape index (κ1) is 13.6. The minimum Gasteiger partial charge on any atom is -0.327 e. The monoisotopic (exact) mass is 257 g/mol. The van der Waals surface area contributed by atoms with E-state index in [0.29, 0.717) is 0 Å². The molecule has 0 aliphatic heterocycles. The fraction of sp³-hybridized carbons (Fsp3) is 0.300. The molecule has 1 rings (SSSR count). The number of anilines is 1. The molecule has 0 radical (unpaired) electrons. The average molecular weight is 257 g/mol. The van der Waals surface area contributed by atoms with E-state index in [1.165, 1.54) is 18.2 Å². The van der Waals surface area contributed by atoms with E-state index in [-0.39, 0.29) is 29.0 Å². The molecule has 1 unspecified atom stereocenters. The Morgan fingerprint density at radius 2 is 2.00 bits per heavy atom. The van der Waals surface area contributed by atoms with Crippen molar-refractivity contribution >= 4 is 21.6 Å². The molecular formula is C10H15N3O3S. The van der Waals surface area contributed by atoms with E-state index in [1.54, 1.807) is 13.0 Å².